The van der Waals surface area contributed by atoms with Gasteiger partial charge in [0.25, 0.3) is 0 Å². The Bertz CT molecular complexity index is 670. The minimum atomic E-state index is 0.171. The molecule has 6 heteroatoms. The maximum absolute atomic E-state index is 11.5. The predicted molar refractivity (Wildman–Crippen MR) is 86.6 cm³/mol. The lowest BCUT2D eigenvalue weighted by Gasteiger charge is -2.31. The van der Waals surface area contributed by atoms with Gasteiger partial charge in [-0.1, -0.05) is 0 Å². The van der Waals surface area contributed by atoms with E-state index in [1.54, 1.807) is 24.5 Å². The first-order valence-corrected chi connectivity index (χ1v) is 8.48. The van der Waals surface area contributed by atoms with E-state index in [4.69, 9.17) is 4.98 Å². The molecule has 1 saturated heterocycles. The molecule has 0 N–H and O–H groups in total. The Morgan fingerprint density at radius 2 is 2.32 bits per heavy atom. The van der Waals surface area contributed by atoms with Gasteiger partial charge in [-0.3, -0.25) is 9.78 Å². The van der Waals surface area contributed by atoms with Crippen molar-refractivity contribution in [1.82, 2.24) is 19.9 Å². The number of hydrogen-bond acceptors (Lipinski definition) is 5. The van der Waals surface area contributed by atoms with Crippen LogP contribution in [0.5, 0.6) is 0 Å². The number of thiazole rings is 1. The Kier molecular flexibility index (Phi) is 4.47. The summed E-state index contributed by atoms with van der Waals surface area (Å²) in [5.74, 6) is 0.648. The standard InChI is InChI=1S/C16H20N4OS/c1-11-16(22-10-18-11)15-8-17-7-14(19-15)6-13-4-3-5-20(9-13)12(2)21/h7-8,10,13H,3-6,9H2,1-2H3/t13-/m0/s1. The number of piperidine rings is 1. The molecule has 0 aliphatic carbocycles. The van der Waals surface area contributed by atoms with Crippen molar-refractivity contribution in [3.05, 3.63) is 29.3 Å². The number of nitrogens with zero attached hydrogens (tertiary/aromatic N) is 4. The molecule has 3 rings (SSSR count). The van der Waals surface area contributed by atoms with Gasteiger partial charge >= 0.3 is 0 Å². The SMILES string of the molecule is CC(=O)N1CCC[C@@H](Cc2cncc(-c3scnc3C)n2)C1. The van der Waals surface area contributed by atoms with Crippen molar-refractivity contribution >= 4 is 17.2 Å². The molecule has 0 radical (unpaired) electrons. The lowest BCUT2D eigenvalue weighted by molar-refractivity contribution is -0.130. The molecule has 2 aromatic rings. The molecule has 1 atom stereocenters. The van der Waals surface area contributed by atoms with Gasteiger partial charge in [0.05, 0.1) is 28.0 Å². The molecule has 0 aromatic carbocycles. The molecule has 3 heterocycles. The van der Waals surface area contributed by atoms with Gasteiger partial charge in [0.15, 0.2) is 0 Å². The van der Waals surface area contributed by atoms with E-state index < -0.39 is 0 Å². The number of rotatable bonds is 3. The molecule has 116 valence electrons. The summed E-state index contributed by atoms with van der Waals surface area (Å²) in [6, 6.07) is 0. The van der Waals surface area contributed by atoms with E-state index in [2.05, 4.69) is 9.97 Å². The first kappa shape index (κ1) is 15.1. The highest BCUT2D eigenvalue weighted by Gasteiger charge is 2.22. The van der Waals surface area contributed by atoms with E-state index in [0.717, 1.165) is 54.3 Å². The number of amides is 1. The van der Waals surface area contributed by atoms with Crippen molar-refractivity contribution < 1.29 is 4.79 Å². The van der Waals surface area contributed by atoms with Crippen LogP contribution in [0.25, 0.3) is 10.6 Å². The van der Waals surface area contributed by atoms with E-state index in [9.17, 15) is 4.79 Å². The third-order valence-electron chi connectivity index (χ3n) is 4.12. The summed E-state index contributed by atoms with van der Waals surface area (Å²) in [5, 5.41) is 0. The Morgan fingerprint density at radius 1 is 1.45 bits per heavy atom. The molecular formula is C16H20N4OS. The topological polar surface area (TPSA) is 59.0 Å². The van der Waals surface area contributed by atoms with E-state index in [0.29, 0.717) is 5.92 Å². The van der Waals surface area contributed by atoms with Crippen LogP contribution in [0, 0.1) is 12.8 Å². The summed E-state index contributed by atoms with van der Waals surface area (Å²) in [5.41, 5.74) is 4.74. The van der Waals surface area contributed by atoms with E-state index >= 15 is 0 Å². The second kappa shape index (κ2) is 6.52. The molecule has 2 aromatic heterocycles. The molecule has 1 aliphatic heterocycles. The second-order valence-corrected chi connectivity index (χ2v) is 6.69. The highest BCUT2D eigenvalue weighted by atomic mass is 32.1. The van der Waals surface area contributed by atoms with Crippen LogP contribution in [-0.2, 0) is 11.2 Å². The maximum Gasteiger partial charge on any atom is 0.219 e. The van der Waals surface area contributed by atoms with Gasteiger partial charge in [-0.05, 0) is 32.1 Å². The van der Waals surface area contributed by atoms with Gasteiger partial charge in [0, 0.05) is 26.2 Å². The van der Waals surface area contributed by atoms with Crippen molar-refractivity contribution in [2.45, 2.75) is 33.1 Å². The molecule has 1 amide bonds. The summed E-state index contributed by atoms with van der Waals surface area (Å²) in [7, 11) is 0. The fraction of sp³-hybridized carbons (Fsp3) is 0.500. The van der Waals surface area contributed by atoms with Gasteiger partial charge in [-0.15, -0.1) is 11.3 Å². The smallest absolute Gasteiger partial charge is 0.219 e. The number of likely N-dealkylation sites (tertiary alicyclic amines) is 1. The van der Waals surface area contributed by atoms with Crippen LogP contribution in [0.2, 0.25) is 0 Å². The zero-order valence-corrected chi connectivity index (χ0v) is 13.8. The summed E-state index contributed by atoms with van der Waals surface area (Å²) in [6.07, 6.45) is 6.74. The second-order valence-electron chi connectivity index (χ2n) is 5.84. The van der Waals surface area contributed by atoms with Crippen molar-refractivity contribution in [3.63, 3.8) is 0 Å². The van der Waals surface area contributed by atoms with Crippen LogP contribution in [-0.4, -0.2) is 38.8 Å². The predicted octanol–water partition coefficient (Wildman–Crippen LogP) is 2.71. The summed E-state index contributed by atoms with van der Waals surface area (Å²) in [6.45, 7) is 5.36. The normalized spacial score (nSPS) is 18.5. The van der Waals surface area contributed by atoms with Crippen LogP contribution in [0.4, 0.5) is 0 Å². The summed E-state index contributed by atoms with van der Waals surface area (Å²) < 4.78 is 0. The van der Waals surface area contributed by atoms with Gasteiger partial charge in [-0.25, -0.2) is 9.97 Å². The molecule has 0 saturated carbocycles. The van der Waals surface area contributed by atoms with E-state index in [1.807, 2.05) is 23.5 Å². The van der Waals surface area contributed by atoms with Gasteiger partial charge in [0.2, 0.25) is 5.91 Å². The fourth-order valence-electron chi connectivity index (χ4n) is 2.98. The molecule has 0 spiro atoms. The number of hydrogen-bond donors (Lipinski definition) is 0. The quantitative estimate of drug-likeness (QED) is 0.873. The third kappa shape index (κ3) is 3.32. The van der Waals surface area contributed by atoms with E-state index in [1.165, 1.54) is 0 Å². The number of carbonyl (C=O) groups is 1. The van der Waals surface area contributed by atoms with Gasteiger partial charge in [-0.2, -0.15) is 0 Å². The minimum absolute atomic E-state index is 0.171. The van der Waals surface area contributed by atoms with E-state index in [-0.39, 0.29) is 5.91 Å². The van der Waals surface area contributed by atoms with Crippen LogP contribution < -0.4 is 0 Å². The first-order valence-electron chi connectivity index (χ1n) is 7.60. The van der Waals surface area contributed by atoms with Crippen LogP contribution >= 0.6 is 11.3 Å². The maximum atomic E-state index is 11.5. The Balaban J connectivity index is 1.73. The highest BCUT2D eigenvalue weighted by Crippen LogP contribution is 2.26. The molecule has 5 nitrogen and oxygen atoms in total. The highest BCUT2D eigenvalue weighted by molar-refractivity contribution is 7.13. The molecule has 0 unspecified atom stereocenters. The van der Waals surface area contributed by atoms with Gasteiger partial charge < -0.3 is 4.90 Å². The zero-order valence-electron chi connectivity index (χ0n) is 13.0. The lowest BCUT2D eigenvalue weighted by Crippen LogP contribution is -2.39. The average Bonchev–Trinajstić information content (AvgIpc) is 2.94. The summed E-state index contributed by atoms with van der Waals surface area (Å²) >= 11 is 1.60. The van der Waals surface area contributed by atoms with Crippen LogP contribution in [0.15, 0.2) is 17.9 Å². The number of aryl methyl sites for hydroxylation is 1. The fourth-order valence-corrected chi connectivity index (χ4v) is 3.73. The number of carbonyl (C=O) groups excluding carboxylic acids is 1. The largest absolute Gasteiger partial charge is 0.343 e. The van der Waals surface area contributed by atoms with Gasteiger partial charge in [0.1, 0.15) is 5.69 Å². The lowest BCUT2D eigenvalue weighted by atomic mass is 9.93. The van der Waals surface area contributed by atoms with Crippen LogP contribution in [0.3, 0.4) is 0 Å². The molecular weight excluding hydrogens is 296 g/mol. The molecule has 1 aliphatic rings. The molecule has 22 heavy (non-hydrogen) atoms. The minimum Gasteiger partial charge on any atom is -0.343 e. The number of aromatic nitrogens is 3. The third-order valence-corrected chi connectivity index (χ3v) is 5.08. The Morgan fingerprint density at radius 3 is 3.05 bits per heavy atom. The zero-order chi connectivity index (χ0) is 15.5. The van der Waals surface area contributed by atoms with Crippen molar-refractivity contribution in [2.24, 2.45) is 5.92 Å². The van der Waals surface area contributed by atoms with Crippen molar-refractivity contribution in [3.8, 4) is 10.6 Å². The summed E-state index contributed by atoms with van der Waals surface area (Å²) in [4.78, 5) is 27.9. The molecule has 0 bridgehead atoms. The van der Waals surface area contributed by atoms with Crippen molar-refractivity contribution in [2.75, 3.05) is 13.1 Å². The Labute approximate surface area is 134 Å². The van der Waals surface area contributed by atoms with Crippen molar-refractivity contribution in [1.29, 1.82) is 0 Å². The first-order chi connectivity index (χ1) is 10.6. The Hall–Kier alpha value is -1.82. The monoisotopic (exact) mass is 316 g/mol. The van der Waals surface area contributed by atoms with Crippen LogP contribution in [0.1, 0.15) is 31.2 Å². The molecule has 1 fully saturated rings. The average molecular weight is 316 g/mol.